The summed E-state index contributed by atoms with van der Waals surface area (Å²) in [5.41, 5.74) is 1.29. The number of rotatable bonds is 5. The van der Waals surface area contributed by atoms with Gasteiger partial charge >= 0.3 is 0 Å². The molecule has 1 saturated heterocycles. The van der Waals surface area contributed by atoms with Crippen LogP contribution in [0.25, 0.3) is 11.5 Å². The first-order chi connectivity index (χ1) is 14.4. The van der Waals surface area contributed by atoms with Crippen molar-refractivity contribution in [3.8, 4) is 11.5 Å². The smallest absolute Gasteiger partial charge is 0.255 e. The van der Waals surface area contributed by atoms with Crippen molar-refractivity contribution in [3.05, 3.63) is 59.4 Å². The Balaban J connectivity index is 1.58. The summed E-state index contributed by atoms with van der Waals surface area (Å²) in [5, 5.41) is 10.3. The third-order valence-corrected chi connectivity index (χ3v) is 6.89. The highest BCUT2D eigenvalue weighted by molar-refractivity contribution is 7.89. The maximum Gasteiger partial charge on any atom is 0.255 e. The van der Waals surface area contributed by atoms with E-state index in [-0.39, 0.29) is 28.6 Å². The average Bonchev–Trinajstić information content (AvgIpc) is 3.30. The molecule has 1 fully saturated rings. The van der Waals surface area contributed by atoms with E-state index < -0.39 is 15.9 Å². The Kier molecular flexibility index (Phi) is 5.82. The van der Waals surface area contributed by atoms with Gasteiger partial charge in [0.1, 0.15) is 4.90 Å². The topological polar surface area (TPSA) is 115 Å². The summed E-state index contributed by atoms with van der Waals surface area (Å²) >= 11 is 6.15. The van der Waals surface area contributed by atoms with E-state index >= 15 is 0 Å². The van der Waals surface area contributed by atoms with Crippen LogP contribution in [-0.2, 0) is 14.8 Å². The highest BCUT2D eigenvalue weighted by atomic mass is 35.5. The molecular formula is C19H17ClN4O5S. The normalized spacial score (nSPS) is 15.1. The molecule has 0 saturated carbocycles. The molecule has 2 aromatic carbocycles. The number of halogens is 1. The van der Waals surface area contributed by atoms with Gasteiger partial charge in [0.2, 0.25) is 22.3 Å². The Morgan fingerprint density at radius 1 is 1.13 bits per heavy atom. The lowest BCUT2D eigenvalue weighted by Crippen LogP contribution is -2.40. The van der Waals surface area contributed by atoms with Gasteiger partial charge in [-0.1, -0.05) is 17.7 Å². The minimum absolute atomic E-state index is 0.0523. The molecule has 0 aliphatic carbocycles. The molecule has 1 N–H and O–H groups in total. The number of nitrogens with one attached hydrogen (secondary N) is 1. The number of sulfonamides is 1. The Morgan fingerprint density at radius 2 is 1.93 bits per heavy atom. The predicted octanol–water partition coefficient (Wildman–Crippen LogP) is 2.66. The van der Waals surface area contributed by atoms with Gasteiger partial charge in [0, 0.05) is 29.9 Å². The van der Waals surface area contributed by atoms with Crippen molar-refractivity contribution in [2.45, 2.75) is 4.90 Å². The van der Waals surface area contributed by atoms with Crippen LogP contribution in [-0.4, -0.2) is 55.1 Å². The Hall–Kier alpha value is -2.79. The highest BCUT2D eigenvalue weighted by Gasteiger charge is 2.29. The van der Waals surface area contributed by atoms with Crippen LogP contribution < -0.4 is 5.32 Å². The van der Waals surface area contributed by atoms with Crippen LogP contribution in [0.2, 0.25) is 5.02 Å². The van der Waals surface area contributed by atoms with E-state index in [9.17, 15) is 13.2 Å². The van der Waals surface area contributed by atoms with Gasteiger partial charge in [-0.05, 0) is 36.4 Å². The van der Waals surface area contributed by atoms with Gasteiger partial charge in [0.25, 0.3) is 5.91 Å². The molecule has 0 radical (unpaired) electrons. The molecular weight excluding hydrogens is 432 g/mol. The van der Waals surface area contributed by atoms with E-state index in [1.165, 1.54) is 28.9 Å². The van der Waals surface area contributed by atoms with Crippen molar-refractivity contribution >= 4 is 33.2 Å². The molecule has 1 aliphatic heterocycles. The van der Waals surface area contributed by atoms with Crippen LogP contribution in [0.5, 0.6) is 0 Å². The van der Waals surface area contributed by atoms with Crippen molar-refractivity contribution in [2.24, 2.45) is 0 Å². The number of hydrogen-bond acceptors (Lipinski definition) is 7. The van der Waals surface area contributed by atoms with Gasteiger partial charge in [-0.2, -0.15) is 4.31 Å². The molecule has 1 amide bonds. The monoisotopic (exact) mass is 448 g/mol. The molecule has 1 aromatic heterocycles. The molecule has 3 aromatic rings. The number of ether oxygens (including phenoxy) is 1. The summed E-state index contributed by atoms with van der Waals surface area (Å²) in [6.45, 7) is 1.09. The number of amides is 1. The van der Waals surface area contributed by atoms with Gasteiger partial charge in [-0.3, -0.25) is 4.79 Å². The van der Waals surface area contributed by atoms with Crippen LogP contribution in [0.3, 0.4) is 0 Å². The predicted molar refractivity (Wildman–Crippen MR) is 109 cm³/mol. The summed E-state index contributed by atoms with van der Waals surface area (Å²) in [7, 11) is -3.84. The molecule has 11 heteroatoms. The van der Waals surface area contributed by atoms with Crippen LogP contribution in [0.15, 0.2) is 58.2 Å². The van der Waals surface area contributed by atoms with Crippen LogP contribution in [0.4, 0.5) is 5.69 Å². The third-order valence-electron chi connectivity index (χ3n) is 4.51. The van der Waals surface area contributed by atoms with Gasteiger partial charge in [0.05, 0.1) is 18.2 Å². The summed E-state index contributed by atoms with van der Waals surface area (Å²) in [6.07, 6.45) is 1.21. The number of carbonyl (C=O) groups is 1. The third kappa shape index (κ3) is 4.21. The SMILES string of the molecule is O=C(Nc1cccc(-c2nnco2)c1)c1ccc(Cl)c(S(=O)(=O)N2CCOCC2)c1. The van der Waals surface area contributed by atoms with E-state index in [0.29, 0.717) is 30.4 Å². The summed E-state index contributed by atoms with van der Waals surface area (Å²) in [6, 6.07) is 11.0. The largest absolute Gasteiger partial charge is 0.423 e. The number of nitrogens with zero attached hydrogens (tertiary/aromatic N) is 3. The van der Waals surface area contributed by atoms with Crippen LogP contribution >= 0.6 is 11.6 Å². The lowest BCUT2D eigenvalue weighted by atomic mass is 10.1. The highest BCUT2D eigenvalue weighted by Crippen LogP contribution is 2.27. The first kappa shape index (κ1) is 20.5. The summed E-state index contributed by atoms with van der Waals surface area (Å²) < 4.78 is 37.6. The second kappa shape index (κ2) is 8.52. The standard InChI is InChI=1S/C19H17ClN4O5S/c20-16-5-4-13(11-17(16)30(26,27)24-6-8-28-9-7-24)18(25)22-15-3-1-2-14(10-15)19-23-21-12-29-19/h1-5,10-12H,6-9H2,(H,22,25). The zero-order valence-corrected chi connectivity index (χ0v) is 17.2. The summed E-state index contributed by atoms with van der Waals surface area (Å²) in [5.74, 6) is -0.163. The summed E-state index contributed by atoms with van der Waals surface area (Å²) in [4.78, 5) is 12.6. The molecule has 9 nitrogen and oxygen atoms in total. The van der Waals surface area contributed by atoms with Crippen LogP contribution in [0.1, 0.15) is 10.4 Å². The minimum atomic E-state index is -3.84. The van der Waals surface area contributed by atoms with Gasteiger partial charge in [-0.25, -0.2) is 8.42 Å². The fraction of sp³-hybridized carbons (Fsp3) is 0.211. The molecule has 1 aliphatic rings. The quantitative estimate of drug-likeness (QED) is 0.638. The Morgan fingerprint density at radius 3 is 2.67 bits per heavy atom. The number of hydrogen-bond donors (Lipinski definition) is 1. The van der Waals surface area contributed by atoms with E-state index in [2.05, 4.69) is 15.5 Å². The fourth-order valence-electron chi connectivity index (χ4n) is 3.00. The zero-order chi connectivity index (χ0) is 21.1. The molecule has 4 rings (SSSR count). The number of aromatic nitrogens is 2. The van der Waals surface area contributed by atoms with Crippen molar-refractivity contribution in [1.29, 1.82) is 0 Å². The molecule has 0 spiro atoms. The number of anilines is 1. The molecule has 30 heavy (non-hydrogen) atoms. The molecule has 2 heterocycles. The molecule has 0 atom stereocenters. The van der Waals surface area contributed by atoms with Crippen molar-refractivity contribution in [3.63, 3.8) is 0 Å². The fourth-order valence-corrected chi connectivity index (χ4v) is 4.91. The first-order valence-electron chi connectivity index (χ1n) is 9.00. The zero-order valence-electron chi connectivity index (χ0n) is 15.6. The van der Waals surface area contributed by atoms with E-state index in [4.69, 9.17) is 20.8 Å². The first-order valence-corrected chi connectivity index (χ1v) is 10.8. The van der Waals surface area contributed by atoms with E-state index in [1.54, 1.807) is 24.3 Å². The van der Waals surface area contributed by atoms with Gasteiger partial charge in [0.15, 0.2) is 0 Å². The minimum Gasteiger partial charge on any atom is -0.423 e. The second-order valence-electron chi connectivity index (χ2n) is 6.44. The number of benzene rings is 2. The maximum atomic E-state index is 12.9. The molecule has 156 valence electrons. The number of carbonyl (C=O) groups excluding carboxylic acids is 1. The van der Waals surface area contributed by atoms with E-state index in [1.807, 2.05) is 0 Å². The number of morpholine rings is 1. The maximum absolute atomic E-state index is 12.9. The van der Waals surface area contributed by atoms with Crippen molar-refractivity contribution in [1.82, 2.24) is 14.5 Å². The van der Waals surface area contributed by atoms with E-state index in [0.717, 1.165) is 0 Å². The average molecular weight is 449 g/mol. The van der Waals surface area contributed by atoms with Crippen molar-refractivity contribution in [2.75, 3.05) is 31.6 Å². The second-order valence-corrected chi connectivity index (χ2v) is 8.75. The molecule has 0 bridgehead atoms. The van der Waals surface area contributed by atoms with Gasteiger partial charge < -0.3 is 14.5 Å². The Bertz CT molecular complexity index is 1160. The lowest BCUT2D eigenvalue weighted by Gasteiger charge is -2.26. The Labute approximate surface area is 177 Å². The van der Waals surface area contributed by atoms with Crippen LogP contribution in [0, 0.1) is 0 Å². The van der Waals surface area contributed by atoms with Gasteiger partial charge in [-0.15, -0.1) is 10.2 Å². The molecule has 0 unspecified atom stereocenters. The van der Waals surface area contributed by atoms with Crippen molar-refractivity contribution < 1.29 is 22.4 Å². The lowest BCUT2D eigenvalue weighted by molar-refractivity contribution is 0.0730.